The van der Waals surface area contributed by atoms with Gasteiger partial charge in [0.25, 0.3) is 5.69 Å². The molecule has 0 aromatic heterocycles. The molecular weight excluding hydrogens is 351 g/mol. The van der Waals surface area contributed by atoms with E-state index in [-0.39, 0.29) is 17.1 Å². The predicted octanol–water partition coefficient (Wildman–Crippen LogP) is 1.43. The van der Waals surface area contributed by atoms with E-state index in [1.54, 1.807) is 12.1 Å². The Kier molecular flexibility index (Phi) is 4.55. The monoisotopic (exact) mass is 358 g/mol. The van der Waals surface area contributed by atoms with Crippen molar-refractivity contribution in [2.24, 2.45) is 10.8 Å². The second-order valence-electron chi connectivity index (χ2n) is 2.99. The topological polar surface area (TPSA) is 141 Å². The van der Waals surface area contributed by atoms with E-state index in [1.165, 1.54) is 12.1 Å². The van der Waals surface area contributed by atoms with Crippen LogP contribution in [0.1, 0.15) is 0 Å². The minimum atomic E-state index is -0.570. The van der Waals surface area contributed by atoms with Crippen LogP contribution in [0.5, 0.6) is 0 Å². The molecule has 92 valence electrons. The maximum absolute atomic E-state index is 10.8. The Labute approximate surface area is 115 Å². The van der Waals surface area contributed by atoms with E-state index in [1.807, 2.05) is 22.6 Å². The van der Waals surface area contributed by atoms with Crippen molar-refractivity contribution in [3.8, 4) is 6.07 Å². The number of hydrogen-bond acceptors (Lipinski definition) is 6. The molecule has 0 aliphatic heterocycles. The van der Waals surface area contributed by atoms with Crippen LogP contribution in [0.2, 0.25) is 0 Å². The number of hydrazone groups is 1. The molecule has 8 nitrogen and oxygen atoms in total. The van der Waals surface area contributed by atoms with Crippen molar-refractivity contribution in [3.63, 3.8) is 0 Å². The van der Waals surface area contributed by atoms with Crippen LogP contribution in [0.3, 0.4) is 0 Å². The Morgan fingerprint density at radius 2 is 2.33 bits per heavy atom. The molecule has 0 saturated carbocycles. The molecule has 0 bridgehead atoms. The summed E-state index contributed by atoms with van der Waals surface area (Å²) in [6.07, 6.45) is 0. The lowest BCUT2D eigenvalue weighted by molar-refractivity contribution is -0.384. The number of amidine groups is 1. The van der Waals surface area contributed by atoms with Gasteiger partial charge in [0.1, 0.15) is 11.8 Å². The fourth-order valence-corrected chi connectivity index (χ4v) is 1.64. The third-order valence-corrected chi connectivity index (χ3v) is 2.73. The summed E-state index contributed by atoms with van der Waals surface area (Å²) in [5.74, 6) is -0.515. The lowest BCUT2D eigenvalue weighted by Crippen LogP contribution is -2.22. The first-order chi connectivity index (χ1) is 8.47. The molecule has 0 spiro atoms. The fourth-order valence-electron chi connectivity index (χ4n) is 1.03. The van der Waals surface area contributed by atoms with Gasteiger partial charge in [0.2, 0.25) is 5.71 Å². The van der Waals surface area contributed by atoms with E-state index in [2.05, 4.69) is 10.5 Å². The molecule has 0 atom stereocenters. The molecule has 1 aromatic rings. The Balaban J connectivity index is 3.16. The molecule has 0 unspecified atom stereocenters. The van der Waals surface area contributed by atoms with Gasteiger partial charge in [0, 0.05) is 9.64 Å². The summed E-state index contributed by atoms with van der Waals surface area (Å²) in [6, 6.07) is 6.09. The highest BCUT2D eigenvalue weighted by Gasteiger charge is 2.16. The van der Waals surface area contributed by atoms with Crippen molar-refractivity contribution in [1.29, 1.82) is 10.7 Å². The largest absolute Gasteiger partial charge is 0.382 e. The van der Waals surface area contributed by atoms with Crippen molar-refractivity contribution < 1.29 is 4.92 Å². The fraction of sp³-hybridized carbons (Fsp3) is 0. The summed E-state index contributed by atoms with van der Waals surface area (Å²) in [6.45, 7) is 0. The number of benzene rings is 1. The van der Waals surface area contributed by atoms with Gasteiger partial charge in [0.15, 0.2) is 5.84 Å². The predicted molar refractivity (Wildman–Crippen MR) is 74.4 cm³/mol. The third kappa shape index (κ3) is 3.14. The van der Waals surface area contributed by atoms with Crippen LogP contribution in [0.15, 0.2) is 23.3 Å². The second-order valence-corrected chi connectivity index (χ2v) is 4.15. The summed E-state index contributed by atoms with van der Waals surface area (Å²) in [4.78, 5) is 10.2. The van der Waals surface area contributed by atoms with Crippen LogP contribution in [-0.2, 0) is 0 Å². The average Bonchev–Trinajstić information content (AvgIpc) is 2.30. The second kappa shape index (κ2) is 5.92. The summed E-state index contributed by atoms with van der Waals surface area (Å²) in [5.41, 5.74) is 7.12. The number of hydrogen-bond donors (Lipinski definition) is 3. The smallest absolute Gasteiger partial charge is 0.295 e. The molecule has 0 amide bonds. The van der Waals surface area contributed by atoms with Crippen molar-refractivity contribution in [1.82, 2.24) is 0 Å². The highest BCUT2D eigenvalue weighted by atomic mass is 127. The third-order valence-electron chi connectivity index (χ3n) is 1.83. The molecule has 1 rings (SSSR count). The summed E-state index contributed by atoms with van der Waals surface area (Å²) in [5, 5.41) is 30.1. The Morgan fingerprint density at radius 3 is 2.83 bits per heavy atom. The van der Waals surface area contributed by atoms with E-state index in [0.717, 1.165) is 0 Å². The van der Waals surface area contributed by atoms with Gasteiger partial charge in [-0.3, -0.25) is 20.9 Å². The number of nitro groups is 1. The van der Waals surface area contributed by atoms with Crippen LogP contribution < -0.4 is 11.2 Å². The number of para-hydroxylation sites is 1. The lowest BCUT2D eigenvalue weighted by atomic mass is 10.3. The van der Waals surface area contributed by atoms with Gasteiger partial charge in [-0.1, -0.05) is 6.07 Å². The standard InChI is InChI=1S/C9H7IN6O2/c10-5-2-1-3-7(16(17)18)8(5)15-14-6(4-11)9(12)13/h1-3,15H,(H3,12,13)/b14-6+. The first-order valence-corrected chi connectivity index (χ1v) is 5.56. The van der Waals surface area contributed by atoms with Gasteiger partial charge >= 0.3 is 0 Å². The molecule has 0 aliphatic carbocycles. The highest BCUT2D eigenvalue weighted by Crippen LogP contribution is 2.29. The van der Waals surface area contributed by atoms with Crippen molar-refractivity contribution in [3.05, 3.63) is 31.9 Å². The molecule has 0 radical (unpaired) electrons. The number of nitriles is 1. The molecule has 9 heteroatoms. The normalized spacial score (nSPS) is 10.6. The Bertz CT molecular complexity index is 577. The van der Waals surface area contributed by atoms with Crippen molar-refractivity contribution in [2.75, 3.05) is 5.43 Å². The minimum absolute atomic E-state index is 0.150. The number of anilines is 1. The van der Waals surface area contributed by atoms with Crippen LogP contribution >= 0.6 is 22.6 Å². The van der Waals surface area contributed by atoms with Gasteiger partial charge in [-0.25, -0.2) is 0 Å². The molecule has 0 fully saturated rings. The van der Waals surface area contributed by atoms with Gasteiger partial charge in [0.05, 0.1) is 4.92 Å². The van der Waals surface area contributed by atoms with E-state index in [9.17, 15) is 10.1 Å². The molecule has 0 aliphatic rings. The number of rotatable bonds is 4. The first-order valence-electron chi connectivity index (χ1n) is 4.48. The number of nitrogens with zero attached hydrogens (tertiary/aromatic N) is 3. The molecule has 0 saturated heterocycles. The quantitative estimate of drug-likeness (QED) is 0.245. The van der Waals surface area contributed by atoms with E-state index in [4.69, 9.17) is 16.4 Å². The van der Waals surface area contributed by atoms with Crippen molar-refractivity contribution in [2.45, 2.75) is 0 Å². The molecular formula is C9H7IN6O2. The zero-order valence-corrected chi connectivity index (χ0v) is 11.0. The number of nitro benzene ring substituents is 1. The van der Waals surface area contributed by atoms with E-state index >= 15 is 0 Å². The molecule has 0 heterocycles. The van der Waals surface area contributed by atoms with Gasteiger partial charge in [-0.15, -0.1) is 0 Å². The molecule has 1 aromatic carbocycles. The van der Waals surface area contributed by atoms with E-state index < -0.39 is 10.8 Å². The van der Waals surface area contributed by atoms with Crippen LogP contribution in [0, 0.1) is 30.4 Å². The van der Waals surface area contributed by atoms with Gasteiger partial charge in [-0.05, 0) is 28.7 Å². The van der Waals surface area contributed by atoms with Gasteiger partial charge in [-0.2, -0.15) is 10.4 Å². The van der Waals surface area contributed by atoms with Crippen LogP contribution in [-0.4, -0.2) is 16.5 Å². The number of nitrogens with two attached hydrogens (primary N) is 1. The maximum atomic E-state index is 10.8. The maximum Gasteiger partial charge on any atom is 0.295 e. The zero-order chi connectivity index (χ0) is 13.7. The molecule has 4 N–H and O–H groups in total. The minimum Gasteiger partial charge on any atom is -0.382 e. The lowest BCUT2D eigenvalue weighted by Gasteiger charge is -2.04. The Morgan fingerprint density at radius 1 is 1.67 bits per heavy atom. The average molecular weight is 358 g/mol. The first kappa shape index (κ1) is 13.8. The highest BCUT2D eigenvalue weighted by molar-refractivity contribution is 14.1. The molecule has 18 heavy (non-hydrogen) atoms. The summed E-state index contributed by atoms with van der Waals surface area (Å²) >= 11 is 1.89. The van der Waals surface area contributed by atoms with Crippen LogP contribution in [0.4, 0.5) is 11.4 Å². The van der Waals surface area contributed by atoms with Crippen molar-refractivity contribution >= 4 is 45.5 Å². The van der Waals surface area contributed by atoms with E-state index in [0.29, 0.717) is 3.57 Å². The summed E-state index contributed by atoms with van der Waals surface area (Å²) in [7, 11) is 0. The Hall–Kier alpha value is -2.22. The summed E-state index contributed by atoms with van der Waals surface area (Å²) < 4.78 is 0.561. The van der Waals surface area contributed by atoms with Crippen LogP contribution in [0.25, 0.3) is 0 Å². The van der Waals surface area contributed by atoms with Gasteiger partial charge < -0.3 is 5.73 Å². The zero-order valence-electron chi connectivity index (χ0n) is 8.85. The number of halogens is 1. The number of nitrogens with one attached hydrogen (secondary N) is 2. The SMILES string of the molecule is N#C/C(=N\Nc1c(I)cccc1[N+](=O)[O-])C(=N)N.